The summed E-state index contributed by atoms with van der Waals surface area (Å²) in [5.74, 6) is -0.353. The van der Waals surface area contributed by atoms with Crippen LogP contribution in [0.15, 0.2) is 29.0 Å². The molecule has 0 bridgehead atoms. The minimum absolute atomic E-state index is 0.0102. The van der Waals surface area contributed by atoms with E-state index >= 15 is 0 Å². The van der Waals surface area contributed by atoms with Gasteiger partial charge in [0.2, 0.25) is 5.78 Å². The van der Waals surface area contributed by atoms with Crippen LogP contribution in [-0.4, -0.2) is 29.9 Å². The van der Waals surface area contributed by atoms with Crippen molar-refractivity contribution >= 4 is 11.6 Å². The molecule has 1 aliphatic heterocycles. The molecule has 0 spiro atoms. The summed E-state index contributed by atoms with van der Waals surface area (Å²) in [6, 6.07) is 1.39. The molecule has 2 aliphatic rings. The molecule has 3 rings (SSSR count). The largest absolute Gasteiger partial charge is 0.507 e. The van der Waals surface area contributed by atoms with Crippen molar-refractivity contribution in [1.82, 2.24) is 0 Å². The first-order valence-corrected chi connectivity index (χ1v) is 9.18. The highest BCUT2D eigenvalue weighted by Crippen LogP contribution is 2.53. The van der Waals surface area contributed by atoms with Crippen molar-refractivity contribution in [1.29, 1.82) is 0 Å². The molecule has 2 atom stereocenters. The maximum absolute atomic E-state index is 13.0. The van der Waals surface area contributed by atoms with E-state index in [-0.39, 0.29) is 40.1 Å². The van der Waals surface area contributed by atoms with Crippen LogP contribution < -0.4 is 4.74 Å². The summed E-state index contributed by atoms with van der Waals surface area (Å²) in [5, 5.41) is 10.8. The van der Waals surface area contributed by atoms with Gasteiger partial charge in [-0.25, -0.2) is 0 Å². The molecular weight excluding hydrogens is 344 g/mol. The monoisotopic (exact) mass is 370 g/mol. The van der Waals surface area contributed by atoms with E-state index in [1.54, 1.807) is 6.92 Å². The molecule has 0 amide bonds. The summed E-state index contributed by atoms with van der Waals surface area (Å²) in [6.45, 7) is 9.64. The number of fused-ring (bicyclic) bond motifs is 3. The second-order valence-electron chi connectivity index (χ2n) is 7.84. The van der Waals surface area contributed by atoms with Crippen molar-refractivity contribution in [3.05, 3.63) is 45.7 Å². The van der Waals surface area contributed by atoms with Gasteiger partial charge in [-0.15, -0.1) is 0 Å². The topological polar surface area (TPSA) is 72.8 Å². The number of ketones is 2. The highest BCUT2D eigenvalue weighted by Gasteiger charge is 2.48. The van der Waals surface area contributed by atoms with Gasteiger partial charge in [-0.1, -0.05) is 18.6 Å². The Morgan fingerprint density at radius 3 is 2.59 bits per heavy atom. The predicted octanol–water partition coefficient (Wildman–Crippen LogP) is 4.48. The number of hydrogen-bond acceptors (Lipinski definition) is 5. The zero-order chi connectivity index (χ0) is 20.1. The number of aromatic hydroxyl groups is 1. The summed E-state index contributed by atoms with van der Waals surface area (Å²) in [4.78, 5) is 25.7. The third kappa shape index (κ3) is 2.76. The summed E-state index contributed by atoms with van der Waals surface area (Å²) in [5.41, 5.74) is 2.03. The first-order chi connectivity index (χ1) is 12.6. The lowest BCUT2D eigenvalue weighted by Crippen LogP contribution is -2.32. The maximum Gasteiger partial charge on any atom is 0.228 e. The summed E-state index contributed by atoms with van der Waals surface area (Å²) >= 11 is 0. The van der Waals surface area contributed by atoms with Crippen molar-refractivity contribution < 1.29 is 24.2 Å². The van der Waals surface area contributed by atoms with E-state index in [0.717, 1.165) is 12.8 Å². The van der Waals surface area contributed by atoms with Crippen LogP contribution in [0.3, 0.4) is 0 Å². The van der Waals surface area contributed by atoms with Crippen LogP contribution in [-0.2, 0) is 10.2 Å². The van der Waals surface area contributed by atoms with Gasteiger partial charge in [0, 0.05) is 22.1 Å². The average molecular weight is 370 g/mol. The van der Waals surface area contributed by atoms with E-state index in [2.05, 4.69) is 6.08 Å². The lowest BCUT2D eigenvalue weighted by Gasteiger charge is -2.28. The summed E-state index contributed by atoms with van der Waals surface area (Å²) in [7, 11) is 1.36. The molecule has 0 radical (unpaired) electrons. The fourth-order valence-electron chi connectivity index (χ4n) is 4.05. The lowest BCUT2D eigenvalue weighted by atomic mass is 9.73. The number of hydrogen-bond donors (Lipinski definition) is 1. The van der Waals surface area contributed by atoms with Crippen molar-refractivity contribution in [3.63, 3.8) is 0 Å². The van der Waals surface area contributed by atoms with Crippen LogP contribution in [0.1, 0.15) is 73.7 Å². The Bertz CT molecular complexity index is 902. The Kier molecular flexibility index (Phi) is 4.66. The molecule has 0 aromatic heterocycles. The third-order valence-electron chi connectivity index (χ3n) is 5.80. The van der Waals surface area contributed by atoms with E-state index in [0.29, 0.717) is 11.3 Å². The Morgan fingerprint density at radius 2 is 2.00 bits per heavy atom. The van der Waals surface area contributed by atoms with E-state index in [1.165, 1.54) is 18.7 Å². The standard InChI is InChI=1S/C22H26O5/c1-11(2)8-7-9-22(5)13(4)27-21-16-14(10-15(23)17(21)22)19(25)20(26-6)12(3)18(16)24/h8,10,13,23H,7,9H2,1-6H3/t13-,22-/m0/s1. The average Bonchev–Trinajstić information content (AvgIpc) is 2.85. The minimum atomic E-state index is -0.455. The molecule has 5 heteroatoms. The number of allylic oxidation sites excluding steroid dienone is 4. The van der Waals surface area contributed by atoms with Crippen molar-refractivity contribution in [2.24, 2.45) is 0 Å². The quantitative estimate of drug-likeness (QED) is 0.791. The first-order valence-electron chi connectivity index (χ1n) is 9.18. The van der Waals surface area contributed by atoms with Crippen LogP contribution in [0.4, 0.5) is 0 Å². The second kappa shape index (κ2) is 6.55. The highest BCUT2D eigenvalue weighted by atomic mass is 16.5. The molecule has 5 nitrogen and oxygen atoms in total. The van der Waals surface area contributed by atoms with Crippen LogP contribution >= 0.6 is 0 Å². The second-order valence-corrected chi connectivity index (χ2v) is 7.84. The van der Waals surface area contributed by atoms with Gasteiger partial charge in [0.1, 0.15) is 17.6 Å². The van der Waals surface area contributed by atoms with Gasteiger partial charge in [0.15, 0.2) is 11.5 Å². The first kappa shape index (κ1) is 19.2. The van der Waals surface area contributed by atoms with Gasteiger partial charge >= 0.3 is 0 Å². The molecule has 1 aromatic rings. The van der Waals surface area contributed by atoms with Gasteiger partial charge in [-0.3, -0.25) is 9.59 Å². The fourth-order valence-corrected chi connectivity index (χ4v) is 4.05. The molecule has 0 saturated heterocycles. The Hall–Kier alpha value is -2.56. The van der Waals surface area contributed by atoms with Crippen molar-refractivity contribution in [3.8, 4) is 11.5 Å². The van der Waals surface area contributed by atoms with Crippen LogP contribution in [0.5, 0.6) is 11.5 Å². The third-order valence-corrected chi connectivity index (χ3v) is 5.80. The molecule has 0 fully saturated rings. The van der Waals surface area contributed by atoms with Crippen LogP contribution in [0, 0.1) is 0 Å². The Balaban J connectivity index is 2.18. The number of carbonyl (C=O) groups is 2. The molecule has 1 N–H and O–H groups in total. The number of phenolic OH excluding ortho intramolecular Hbond substituents is 1. The maximum atomic E-state index is 13.0. The van der Waals surface area contributed by atoms with Gasteiger partial charge in [-0.2, -0.15) is 0 Å². The molecule has 27 heavy (non-hydrogen) atoms. The molecule has 0 unspecified atom stereocenters. The number of ether oxygens (including phenoxy) is 2. The minimum Gasteiger partial charge on any atom is -0.507 e. The molecular formula is C22H26O5. The number of carbonyl (C=O) groups excluding carboxylic acids is 2. The number of methoxy groups -OCH3 is 1. The zero-order valence-corrected chi connectivity index (χ0v) is 16.7. The lowest BCUT2D eigenvalue weighted by molar-refractivity contribution is 0.0902. The van der Waals surface area contributed by atoms with Crippen molar-refractivity contribution in [2.75, 3.05) is 7.11 Å². The smallest absolute Gasteiger partial charge is 0.228 e. The predicted molar refractivity (Wildman–Crippen MR) is 103 cm³/mol. The van der Waals surface area contributed by atoms with Gasteiger partial charge in [0.25, 0.3) is 0 Å². The van der Waals surface area contributed by atoms with Crippen molar-refractivity contribution in [2.45, 2.75) is 59.0 Å². The van der Waals surface area contributed by atoms with E-state index in [4.69, 9.17) is 9.47 Å². The van der Waals surface area contributed by atoms with Gasteiger partial charge in [0.05, 0.1) is 12.7 Å². The number of phenols is 1. The van der Waals surface area contributed by atoms with E-state index in [9.17, 15) is 14.7 Å². The SMILES string of the molecule is COC1=C(C)C(=O)c2c(cc(O)c3c2O[C@@H](C)[C@]3(C)CCC=C(C)C)C1=O. The normalized spacial score (nSPS) is 23.7. The molecule has 1 heterocycles. The van der Waals surface area contributed by atoms with E-state index in [1.807, 2.05) is 27.7 Å². The summed E-state index contributed by atoms with van der Waals surface area (Å²) < 4.78 is 11.2. The highest BCUT2D eigenvalue weighted by molar-refractivity contribution is 6.27. The molecule has 144 valence electrons. The number of benzene rings is 1. The zero-order valence-electron chi connectivity index (χ0n) is 16.7. The Labute approximate surface area is 159 Å². The Morgan fingerprint density at radius 1 is 1.33 bits per heavy atom. The van der Waals surface area contributed by atoms with Gasteiger partial charge in [-0.05, 0) is 46.6 Å². The molecule has 1 aliphatic carbocycles. The van der Waals surface area contributed by atoms with Crippen LogP contribution in [0.2, 0.25) is 0 Å². The van der Waals surface area contributed by atoms with Crippen LogP contribution in [0.25, 0.3) is 0 Å². The number of rotatable bonds is 4. The number of Topliss-reactive ketones (excluding diaryl/α,β-unsaturated/α-hetero) is 2. The molecule has 0 saturated carbocycles. The van der Waals surface area contributed by atoms with E-state index < -0.39 is 11.2 Å². The fraction of sp³-hybridized carbons (Fsp3) is 0.455. The summed E-state index contributed by atoms with van der Waals surface area (Å²) in [6.07, 6.45) is 3.52. The molecule has 1 aromatic carbocycles. The van der Waals surface area contributed by atoms with Gasteiger partial charge < -0.3 is 14.6 Å².